The lowest BCUT2D eigenvalue weighted by molar-refractivity contribution is 0.0829. The van der Waals surface area contributed by atoms with Crippen LogP contribution in [-0.4, -0.2) is 45.3 Å². The lowest BCUT2D eigenvalue weighted by atomic mass is 10.1. The zero-order chi connectivity index (χ0) is 10.7. The van der Waals surface area contributed by atoms with Gasteiger partial charge in [-0.3, -0.25) is 0 Å². The van der Waals surface area contributed by atoms with Gasteiger partial charge >= 0.3 is 0 Å². The van der Waals surface area contributed by atoms with E-state index in [1.54, 1.807) is 0 Å². The number of likely N-dealkylation sites (tertiary alicyclic amines) is 1. The maximum atomic E-state index is 9.38. The number of imidazole rings is 1. The summed E-state index contributed by atoms with van der Waals surface area (Å²) in [6.07, 6.45) is 6.58. The Hall–Kier alpha value is -0.870. The Bertz CT molecular complexity index is 303. The van der Waals surface area contributed by atoms with Gasteiger partial charge in [-0.2, -0.15) is 0 Å². The van der Waals surface area contributed by atoms with Gasteiger partial charge in [-0.05, 0) is 12.8 Å². The van der Waals surface area contributed by atoms with E-state index in [1.807, 2.05) is 19.4 Å². The van der Waals surface area contributed by atoms with Gasteiger partial charge in [0.2, 0.25) is 0 Å². The van der Waals surface area contributed by atoms with E-state index in [2.05, 4.69) is 14.5 Å². The molecule has 0 amide bonds. The van der Waals surface area contributed by atoms with Crippen molar-refractivity contribution < 1.29 is 5.11 Å². The third-order valence-corrected chi connectivity index (χ3v) is 3.13. The lowest BCUT2D eigenvalue weighted by Gasteiger charge is -2.29. The Morgan fingerprint density at radius 1 is 1.47 bits per heavy atom. The van der Waals surface area contributed by atoms with Gasteiger partial charge in [0.1, 0.15) is 5.82 Å². The first-order valence-electron chi connectivity index (χ1n) is 5.62. The average molecular weight is 209 g/mol. The van der Waals surface area contributed by atoms with E-state index in [-0.39, 0.29) is 6.10 Å². The molecule has 0 spiro atoms. The molecule has 84 valence electrons. The van der Waals surface area contributed by atoms with E-state index in [1.165, 1.54) is 0 Å². The summed E-state index contributed by atoms with van der Waals surface area (Å²) in [6.45, 7) is 3.09. The maximum Gasteiger partial charge on any atom is 0.109 e. The first-order valence-corrected chi connectivity index (χ1v) is 5.62. The highest BCUT2D eigenvalue weighted by molar-refractivity contribution is 4.92. The second-order valence-corrected chi connectivity index (χ2v) is 4.28. The summed E-state index contributed by atoms with van der Waals surface area (Å²) in [4.78, 5) is 6.71. The van der Waals surface area contributed by atoms with Crippen LogP contribution in [-0.2, 0) is 13.5 Å². The minimum atomic E-state index is -0.0746. The van der Waals surface area contributed by atoms with Gasteiger partial charge in [-0.15, -0.1) is 0 Å². The molecule has 2 heterocycles. The number of aromatic nitrogens is 2. The number of hydrogen-bond acceptors (Lipinski definition) is 3. The van der Waals surface area contributed by atoms with Crippen molar-refractivity contribution in [3.05, 3.63) is 18.2 Å². The van der Waals surface area contributed by atoms with E-state index in [0.717, 1.165) is 44.7 Å². The molecule has 0 unspecified atom stereocenters. The van der Waals surface area contributed by atoms with Crippen LogP contribution in [0.4, 0.5) is 0 Å². The van der Waals surface area contributed by atoms with Gasteiger partial charge in [-0.1, -0.05) is 0 Å². The quantitative estimate of drug-likeness (QED) is 0.784. The monoisotopic (exact) mass is 209 g/mol. The molecule has 0 radical (unpaired) electrons. The fourth-order valence-electron chi connectivity index (χ4n) is 2.04. The lowest BCUT2D eigenvalue weighted by Crippen LogP contribution is -2.37. The molecule has 0 saturated carbocycles. The van der Waals surface area contributed by atoms with Crippen LogP contribution in [0.1, 0.15) is 18.7 Å². The third-order valence-electron chi connectivity index (χ3n) is 3.13. The molecule has 4 heteroatoms. The molecule has 2 rings (SSSR count). The van der Waals surface area contributed by atoms with Crippen LogP contribution in [0, 0.1) is 0 Å². The van der Waals surface area contributed by atoms with Crippen LogP contribution in [0.3, 0.4) is 0 Å². The summed E-state index contributed by atoms with van der Waals surface area (Å²) in [7, 11) is 2.03. The fourth-order valence-corrected chi connectivity index (χ4v) is 2.04. The van der Waals surface area contributed by atoms with Crippen molar-refractivity contribution in [2.24, 2.45) is 7.05 Å². The van der Waals surface area contributed by atoms with Crippen molar-refractivity contribution in [3.8, 4) is 0 Å². The van der Waals surface area contributed by atoms with Crippen molar-refractivity contribution in [2.45, 2.75) is 25.4 Å². The van der Waals surface area contributed by atoms with Crippen LogP contribution in [0.25, 0.3) is 0 Å². The predicted octanol–water partition coefficient (Wildman–Crippen LogP) is 0.419. The van der Waals surface area contributed by atoms with Crippen molar-refractivity contribution in [1.29, 1.82) is 0 Å². The number of nitrogens with zero attached hydrogens (tertiary/aromatic N) is 3. The van der Waals surface area contributed by atoms with Gasteiger partial charge in [0.25, 0.3) is 0 Å². The molecular weight excluding hydrogens is 190 g/mol. The largest absolute Gasteiger partial charge is 0.393 e. The minimum Gasteiger partial charge on any atom is -0.393 e. The Balaban J connectivity index is 1.77. The number of aryl methyl sites for hydroxylation is 1. The first kappa shape index (κ1) is 10.6. The molecule has 1 aromatic heterocycles. The standard InChI is InChI=1S/C11H19N3O/c1-13-9-5-12-11(13)4-8-14-6-2-10(15)3-7-14/h5,9-10,15H,2-4,6-8H2,1H3. The number of aliphatic hydroxyl groups excluding tert-OH is 1. The smallest absolute Gasteiger partial charge is 0.109 e. The normalized spacial score (nSPS) is 19.6. The number of piperidine rings is 1. The van der Waals surface area contributed by atoms with Gasteiger partial charge < -0.3 is 14.6 Å². The van der Waals surface area contributed by atoms with E-state index >= 15 is 0 Å². The number of hydrogen-bond donors (Lipinski definition) is 1. The molecule has 1 aliphatic rings. The molecule has 1 aliphatic heterocycles. The van der Waals surface area contributed by atoms with Gasteiger partial charge in [0, 0.05) is 45.5 Å². The summed E-state index contributed by atoms with van der Waals surface area (Å²) < 4.78 is 2.07. The molecule has 4 nitrogen and oxygen atoms in total. The van der Waals surface area contributed by atoms with Gasteiger partial charge in [0.05, 0.1) is 6.10 Å². The highest BCUT2D eigenvalue weighted by atomic mass is 16.3. The molecule has 1 N–H and O–H groups in total. The second-order valence-electron chi connectivity index (χ2n) is 4.28. The number of aliphatic hydroxyl groups is 1. The molecule has 0 atom stereocenters. The van der Waals surface area contributed by atoms with Crippen molar-refractivity contribution in [1.82, 2.24) is 14.5 Å². The number of rotatable bonds is 3. The van der Waals surface area contributed by atoms with Gasteiger partial charge in [-0.25, -0.2) is 4.98 Å². The molecule has 0 aromatic carbocycles. The SMILES string of the molecule is Cn1ccnc1CCN1CCC(O)CC1. The summed E-state index contributed by atoms with van der Waals surface area (Å²) >= 11 is 0. The fraction of sp³-hybridized carbons (Fsp3) is 0.727. The third kappa shape index (κ3) is 2.79. The van der Waals surface area contributed by atoms with Crippen LogP contribution < -0.4 is 0 Å². The Kier molecular flexibility index (Phi) is 3.38. The molecule has 1 aromatic rings. The summed E-state index contributed by atoms with van der Waals surface area (Å²) in [5, 5.41) is 9.38. The topological polar surface area (TPSA) is 41.3 Å². The van der Waals surface area contributed by atoms with Crippen molar-refractivity contribution >= 4 is 0 Å². The maximum absolute atomic E-state index is 9.38. The van der Waals surface area contributed by atoms with Crippen molar-refractivity contribution in [3.63, 3.8) is 0 Å². The van der Waals surface area contributed by atoms with Gasteiger partial charge in [0.15, 0.2) is 0 Å². The molecule has 15 heavy (non-hydrogen) atoms. The highest BCUT2D eigenvalue weighted by Crippen LogP contribution is 2.10. The summed E-state index contributed by atoms with van der Waals surface area (Å²) in [6, 6.07) is 0. The molecule has 1 saturated heterocycles. The zero-order valence-electron chi connectivity index (χ0n) is 9.26. The van der Waals surface area contributed by atoms with E-state index < -0.39 is 0 Å². The van der Waals surface area contributed by atoms with E-state index in [4.69, 9.17) is 0 Å². The zero-order valence-corrected chi connectivity index (χ0v) is 9.26. The second kappa shape index (κ2) is 4.77. The molecule has 0 aliphatic carbocycles. The Morgan fingerprint density at radius 3 is 2.80 bits per heavy atom. The predicted molar refractivity (Wildman–Crippen MR) is 58.6 cm³/mol. The molecular formula is C11H19N3O. The minimum absolute atomic E-state index is 0.0746. The van der Waals surface area contributed by atoms with Crippen LogP contribution in [0.15, 0.2) is 12.4 Å². The Labute approximate surface area is 90.5 Å². The average Bonchev–Trinajstić information content (AvgIpc) is 2.63. The molecule has 1 fully saturated rings. The first-order chi connectivity index (χ1) is 7.25. The molecule has 0 bridgehead atoms. The summed E-state index contributed by atoms with van der Waals surface area (Å²) in [5.41, 5.74) is 0. The van der Waals surface area contributed by atoms with Crippen LogP contribution in [0.5, 0.6) is 0 Å². The van der Waals surface area contributed by atoms with Crippen LogP contribution >= 0.6 is 0 Å². The highest BCUT2D eigenvalue weighted by Gasteiger charge is 2.16. The van der Waals surface area contributed by atoms with Crippen molar-refractivity contribution in [2.75, 3.05) is 19.6 Å². The van der Waals surface area contributed by atoms with E-state index in [9.17, 15) is 5.11 Å². The van der Waals surface area contributed by atoms with E-state index in [0.29, 0.717) is 0 Å². The van der Waals surface area contributed by atoms with Crippen LogP contribution in [0.2, 0.25) is 0 Å². The summed E-state index contributed by atoms with van der Waals surface area (Å²) in [5.74, 6) is 1.14. The Morgan fingerprint density at radius 2 is 2.20 bits per heavy atom.